The number of nitrogens with one attached hydrogen (secondary N) is 1. The molecule has 3 aromatic rings. The fraction of sp³-hybridized carbons (Fsp3) is 0.0769. The van der Waals surface area contributed by atoms with Gasteiger partial charge in [0, 0.05) is 0 Å². The number of furan rings is 1. The van der Waals surface area contributed by atoms with E-state index in [-0.39, 0.29) is 5.91 Å². The monoisotopic (exact) mass is 258 g/mol. The van der Waals surface area contributed by atoms with Crippen molar-refractivity contribution in [1.82, 2.24) is 4.98 Å². The Morgan fingerprint density at radius 2 is 2.28 bits per heavy atom. The van der Waals surface area contributed by atoms with Gasteiger partial charge in [-0.25, -0.2) is 4.98 Å². The minimum atomic E-state index is -0.209. The molecule has 0 unspecified atom stereocenters. The molecule has 1 aromatic carbocycles. The Kier molecular flexibility index (Phi) is 2.60. The fourth-order valence-corrected chi connectivity index (χ4v) is 2.61. The van der Waals surface area contributed by atoms with Crippen molar-refractivity contribution in [3.05, 3.63) is 47.9 Å². The van der Waals surface area contributed by atoms with Gasteiger partial charge in [0.2, 0.25) is 0 Å². The summed E-state index contributed by atoms with van der Waals surface area (Å²) in [5.74, 6) is -0.209. The van der Waals surface area contributed by atoms with Crippen molar-refractivity contribution in [3.8, 4) is 0 Å². The van der Waals surface area contributed by atoms with Crippen LogP contribution in [0.15, 0.2) is 41.2 Å². The highest BCUT2D eigenvalue weighted by Crippen LogP contribution is 2.26. The maximum Gasteiger partial charge on any atom is 0.260 e. The van der Waals surface area contributed by atoms with E-state index in [1.165, 1.54) is 29.4 Å². The Bertz CT molecular complexity index is 701. The van der Waals surface area contributed by atoms with Crippen molar-refractivity contribution in [2.24, 2.45) is 0 Å². The Hall–Kier alpha value is -2.14. The first-order chi connectivity index (χ1) is 8.72. The summed E-state index contributed by atoms with van der Waals surface area (Å²) in [6, 6.07) is 7.63. The van der Waals surface area contributed by atoms with E-state index in [9.17, 15) is 4.79 Å². The maximum atomic E-state index is 11.8. The van der Waals surface area contributed by atoms with E-state index in [4.69, 9.17) is 4.42 Å². The van der Waals surface area contributed by atoms with Crippen LogP contribution in [-0.2, 0) is 0 Å². The number of benzene rings is 1. The SMILES string of the molecule is Cc1ccc2nc(NC(=O)c3ccoc3)sc2c1. The van der Waals surface area contributed by atoms with Crippen LogP contribution in [0.3, 0.4) is 0 Å². The molecule has 0 bridgehead atoms. The molecule has 18 heavy (non-hydrogen) atoms. The van der Waals surface area contributed by atoms with Gasteiger partial charge in [0.05, 0.1) is 22.0 Å². The number of hydrogen-bond donors (Lipinski definition) is 1. The standard InChI is InChI=1S/C13H10N2O2S/c1-8-2-3-10-11(6-8)18-13(14-10)15-12(16)9-4-5-17-7-9/h2-7H,1H3,(H,14,15,16). The lowest BCUT2D eigenvalue weighted by Crippen LogP contribution is -2.10. The summed E-state index contributed by atoms with van der Waals surface area (Å²) < 4.78 is 5.94. The van der Waals surface area contributed by atoms with Gasteiger partial charge in [-0.2, -0.15) is 0 Å². The van der Waals surface area contributed by atoms with Crippen molar-refractivity contribution in [2.75, 3.05) is 5.32 Å². The van der Waals surface area contributed by atoms with Crippen molar-refractivity contribution < 1.29 is 9.21 Å². The number of aromatic nitrogens is 1. The topological polar surface area (TPSA) is 55.1 Å². The highest BCUT2D eigenvalue weighted by Gasteiger charge is 2.10. The van der Waals surface area contributed by atoms with E-state index >= 15 is 0 Å². The third kappa shape index (κ3) is 2.00. The maximum absolute atomic E-state index is 11.8. The number of fused-ring (bicyclic) bond motifs is 1. The summed E-state index contributed by atoms with van der Waals surface area (Å²) in [6.07, 6.45) is 2.88. The molecule has 1 N–H and O–H groups in total. The number of thiazole rings is 1. The largest absolute Gasteiger partial charge is 0.472 e. The van der Waals surface area contributed by atoms with Crippen LogP contribution in [0, 0.1) is 6.92 Å². The second-order valence-corrected chi connectivity index (χ2v) is 4.99. The van der Waals surface area contributed by atoms with Crippen LogP contribution in [0.1, 0.15) is 15.9 Å². The first-order valence-electron chi connectivity index (χ1n) is 5.43. The van der Waals surface area contributed by atoms with Crippen molar-refractivity contribution in [1.29, 1.82) is 0 Å². The molecule has 0 aliphatic heterocycles. The Balaban J connectivity index is 1.89. The van der Waals surface area contributed by atoms with Gasteiger partial charge in [0.25, 0.3) is 5.91 Å². The van der Waals surface area contributed by atoms with Gasteiger partial charge in [0.1, 0.15) is 6.26 Å². The number of nitrogens with zero attached hydrogens (tertiary/aromatic N) is 1. The molecule has 0 saturated heterocycles. The van der Waals surface area contributed by atoms with Gasteiger partial charge in [-0.15, -0.1) is 0 Å². The molecule has 0 fully saturated rings. The van der Waals surface area contributed by atoms with Crippen molar-refractivity contribution in [2.45, 2.75) is 6.92 Å². The third-order valence-corrected chi connectivity index (χ3v) is 3.48. The minimum absolute atomic E-state index is 0.209. The molecule has 5 heteroatoms. The van der Waals surface area contributed by atoms with Crippen LogP contribution in [-0.4, -0.2) is 10.9 Å². The van der Waals surface area contributed by atoms with Gasteiger partial charge in [0.15, 0.2) is 5.13 Å². The number of rotatable bonds is 2. The molecule has 0 spiro atoms. The van der Waals surface area contributed by atoms with Crippen LogP contribution in [0.25, 0.3) is 10.2 Å². The molecule has 0 aliphatic carbocycles. The first kappa shape index (κ1) is 11.0. The number of carbonyl (C=O) groups is 1. The predicted molar refractivity (Wildman–Crippen MR) is 71.0 cm³/mol. The van der Waals surface area contributed by atoms with Crippen LogP contribution >= 0.6 is 11.3 Å². The van der Waals surface area contributed by atoms with Gasteiger partial charge in [-0.05, 0) is 30.7 Å². The number of amides is 1. The van der Waals surface area contributed by atoms with E-state index in [0.717, 1.165) is 10.2 Å². The molecular weight excluding hydrogens is 248 g/mol. The van der Waals surface area contributed by atoms with E-state index in [2.05, 4.69) is 16.4 Å². The summed E-state index contributed by atoms with van der Waals surface area (Å²) in [5, 5.41) is 3.36. The summed E-state index contributed by atoms with van der Waals surface area (Å²) in [5.41, 5.74) is 2.57. The average molecular weight is 258 g/mol. The zero-order valence-electron chi connectivity index (χ0n) is 9.64. The molecule has 0 radical (unpaired) electrons. The summed E-state index contributed by atoms with van der Waals surface area (Å²) in [4.78, 5) is 16.2. The molecule has 1 amide bonds. The number of carbonyl (C=O) groups excluding carboxylic acids is 1. The third-order valence-electron chi connectivity index (χ3n) is 2.55. The summed E-state index contributed by atoms with van der Waals surface area (Å²) in [7, 11) is 0. The molecule has 0 atom stereocenters. The molecule has 0 aliphatic rings. The lowest BCUT2D eigenvalue weighted by Gasteiger charge is -1.96. The van der Waals surface area contributed by atoms with Gasteiger partial charge < -0.3 is 4.42 Å². The van der Waals surface area contributed by atoms with Crippen LogP contribution in [0.5, 0.6) is 0 Å². The molecule has 3 rings (SSSR count). The first-order valence-corrected chi connectivity index (χ1v) is 6.25. The van der Waals surface area contributed by atoms with Crippen LogP contribution in [0.4, 0.5) is 5.13 Å². The fourth-order valence-electron chi connectivity index (χ4n) is 1.65. The Morgan fingerprint density at radius 3 is 3.06 bits per heavy atom. The lowest BCUT2D eigenvalue weighted by atomic mass is 10.2. The molecule has 2 aromatic heterocycles. The van der Waals surface area contributed by atoms with Crippen LogP contribution < -0.4 is 5.32 Å². The van der Waals surface area contributed by atoms with Crippen molar-refractivity contribution in [3.63, 3.8) is 0 Å². The smallest absolute Gasteiger partial charge is 0.260 e. The molecule has 0 saturated carbocycles. The molecule has 90 valence electrons. The van der Waals surface area contributed by atoms with E-state index in [1.54, 1.807) is 6.07 Å². The summed E-state index contributed by atoms with van der Waals surface area (Å²) in [6.45, 7) is 2.03. The quantitative estimate of drug-likeness (QED) is 0.766. The highest BCUT2D eigenvalue weighted by atomic mass is 32.1. The van der Waals surface area contributed by atoms with Gasteiger partial charge in [-0.1, -0.05) is 17.4 Å². The Labute approximate surface area is 107 Å². The number of anilines is 1. The van der Waals surface area contributed by atoms with E-state index in [1.807, 2.05) is 19.1 Å². The molecule has 4 nitrogen and oxygen atoms in total. The van der Waals surface area contributed by atoms with E-state index in [0.29, 0.717) is 10.7 Å². The average Bonchev–Trinajstić information content (AvgIpc) is 2.95. The van der Waals surface area contributed by atoms with Gasteiger partial charge >= 0.3 is 0 Å². The zero-order valence-corrected chi connectivity index (χ0v) is 10.5. The van der Waals surface area contributed by atoms with Gasteiger partial charge in [-0.3, -0.25) is 10.1 Å². The predicted octanol–water partition coefficient (Wildman–Crippen LogP) is 3.45. The zero-order chi connectivity index (χ0) is 12.5. The lowest BCUT2D eigenvalue weighted by molar-refractivity contribution is 0.102. The highest BCUT2D eigenvalue weighted by molar-refractivity contribution is 7.22. The second-order valence-electron chi connectivity index (χ2n) is 3.96. The normalized spacial score (nSPS) is 10.7. The number of hydrogen-bond acceptors (Lipinski definition) is 4. The van der Waals surface area contributed by atoms with E-state index < -0.39 is 0 Å². The summed E-state index contributed by atoms with van der Waals surface area (Å²) >= 11 is 1.46. The number of aryl methyl sites for hydroxylation is 1. The molecular formula is C13H10N2O2S. The van der Waals surface area contributed by atoms with Crippen LogP contribution in [0.2, 0.25) is 0 Å². The second kappa shape index (κ2) is 4.27. The molecule has 2 heterocycles. The van der Waals surface area contributed by atoms with Crippen molar-refractivity contribution >= 4 is 32.6 Å². The minimum Gasteiger partial charge on any atom is -0.472 e. The Morgan fingerprint density at radius 1 is 1.39 bits per heavy atom.